The zero-order chi connectivity index (χ0) is 19.7. The Labute approximate surface area is 161 Å². The zero-order valence-electron chi connectivity index (χ0n) is 15.8. The van der Waals surface area contributed by atoms with Gasteiger partial charge in [0.1, 0.15) is 6.67 Å². The maximum absolute atomic E-state index is 13.9. The van der Waals surface area contributed by atoms with Crippen molar-refractivity contribution in [2.24, 2.45) is 0 Å². The molecule has 1 aliphatic rings. The van der Waals surface area contributed by atoms with E-state index in [9.17, 15) is 8.78 Å². The van der Waals surface area contributed by atoms with Crippen molar-refractivity contribution in [3.8, 4) is 22.7 Å². The Balaban J connectivity index is 1.90. The van der Waals surface area contributed by atoms with Crippen molar-refractivity contribution in [1.29, 1.82) is 0 Å². The maximum atomic E-state index is 13.9. The second-order valence-corrected chi connectivity index (χ2v) is 6.81. The lowest BCUT2D eigenvalue weighted by Crippen LogP contribution is -2.13. The highest BCUT2D eigenvalue weighted by atomic mass is 19.1. The summed E-state index contributed by atoms with van der Waals surface area (Å²) in [6, 6.07) is 8.21. The van der Waals surface area contributed by atoms with Crippen LogP contribution in [0.3, 0.4) is 0 Å². The molecule has 7 heteroatoms. The highest BCUT2D eigenvalue weighted by Crippen LogP contribution is 2.32. The number of rotatable bonds is 4. The van der Waals surface area contributed by atoms with Gasteiger partial charge in [-0.3, -0.25) is 4.98 Å². The van der Waals surface area contributed by atoms with Crippen LogP contribution in [-0.2, 0) is 24.3 Å². The average molecular weight is 385 g/mol. The van der Waals surface area contributed by atoms with Gasteiger partial charge in [-0.15, -0.1) is 0 Å². The number of nitrogens with zero attached hydrogens (tertiary/aromatic N) is 3. The first kappa shape index (κ1) is 18.6. The number of hydrogen-bond donors (Lipinski definition) is 0. The summed E-state index contributed by atoms with van der Waals surface area (Å²) in [6.07, 6.45) is 2.99. The molecule has 5 nitrogen and oxygen atoms in total. The van der Waals surface area contributed by atoms with Crippen LogP contribution in [0.4, 0.5) is 8.78 Å². The van der Waals surface area contributed by atoms with Crippen molar-refractivity contribution in [2.45, 2.75) is 32.5 Å². The van der Waals surface area contributed by atoms with Crippen LogP contribution >= 0.6 is 0 Å². The number of hydrogen-bond acceptors (Lipinski definition) is 4. The fourth-order valence-corrected chi connectivity index (χ4v) is 3.58. The monoisotopic (exact) mass is 385 g/mol. The molecule has 0 unspecified atom stereocenters. The first-order chi connectivity index (χ1) is 13.6. The number of pyridine rings is 1. The first-order valence-electron chi connectivity index (χ1n) is 9.18. The molecule has 3 aromatic rings. The van der Waals surface area contributed by atoms with Gasteiger partial charge in [-0.25, -0.2) is 13.5 Å². The van der Waals surface area contributed by atoms with Gasteiger partial charge in [-0.1, -0.05) is 0 Å². The molecule has 0 fully saturated rings. The predicted octanol–water partition coefficient (Wildman–Crippen LogP) is 4.06. The van der Waals surface area contributed by atoms with Gasteiger partial charge in [0.05, 0.1) is 42.6 Å². The van der Waals surface area contributed by atoms with Gasteiger partial charge in [0.15, 0.2) is 11.6 Å². The van der Waals surface area contributed by atoms with Crippen molar-refractivity contribution >= 4 is 0 Å². The number of benzene rings is 1. The van der Waals surface area contributed by atoms with Crippen molar-refractivity contribution in [3.05, 3.63) is 59.3 Å². The quantitative estimate of drug-likeness (QED) is 0.680. The molecule has 0 aliphatic carbocycles. The second kappa shape index (κ2) is 7.67. The van der Waals surface area contributed by atoms with Crippen LogP contribution in [0.2, 0.25) is 0 Å². The molecule has 28 heavy (non-hydrogen) atoms. The van der Waals surface area contributed by atoms with E-state index in [1.54, 1.807) is 24.4 Å². The summed E-state index contributed by atoms with van der Waals surface area (Å²) < 4.78 is 39.8. The number of fused-ring (bicyclic) bond motifs is 1. The molecule has 0 saturated carbocycles. The van der Waals surface area contributed by atoms with E-state index in [0.717, 1.165) is 22.5 Å². The van der Waals surface area contributed by atoms with E-state index in [1.165, 1.54) is 13.2 Å². The molecule has 1 aromatic carbocycles. The highest BCUT2D eigenvalue weighted by molar-refractivity contribution is 5.65. The predicted molar refractivity (Wildman–Crippen MR) is 101 cm³/mol. The number of aromatic nitrogens is 3. The summed E-state index contributed by atoms with van der Waals surface area (Å²) in [4.78, 5) is 4.03. The second-order valence-electron chi connectivity index (χ2n) is 6.81. The molecule has 3 heterocycles. The third-order valence-corrected chi connectivity index (χ3v) is 4.93. The summed E-state index contributed by atoms with van der Waals surface area (Å²) in [7, 11) is 1.43. The summed E-state index contributed by atoms with van der Waals surface area (Å²) in [5, 5.41) is 4.82. The average Bonchev–Trinajstić information content (AvgIpc) is 2.95. The van der Waals surface area contributed by atoms with E-state index < -0.39 is 12.5 Å². The van der Waals surface area contributed by atoms with E-state index in [1.807, 2.05) is 17.7 Å². The molecule has 2 aromatic heterocycles. The van der Waals surface area contributed by atoms with E-state index >= 15 is 0 Å². The number of alkyl halides is 1. The van der Waals surface area contributed by atoms with Crippen LogP contribution in [-0.4, -0.2) is 34.6 Å². The van der Waals surface area contributed by atoms with Crippen LogP contribution in [0.5, 0.6) is 5.75 Å². The minimum absolute atomic E-state index is 0.0331. The van der Waals surface area contributed by atoms with Crippen molar-refractivity contribution in [3.63, 3.8) is 0 Å². The molecular formula is C21H21F2N3O2. The Bertz CT molecular complexity index is 1000. The lowest BCUT2D eigenvalue weighted by Gasteiger charge is -2.12. The summed E-state index contributed by atoms with van der Waals surface area (Å²) in [6.45, 7) is 1.97. The summed E-state index contributed by atoms with van der Waals surface area (Å²) in [5.41, 5.74) is 4.71. The van der Waals surface area contributed by atoms with Gasteiger partial charge in [-0.2, -0.15) is 5.10 Å². The normalized spacial score (nSPS) is 16.5. The molecular weight excluding hydrogens is 364 g/mol. The van der Waals surface area contributed by atoms with Gasteiger partial charge < -0.3 is 9.47 Å². The smallest absolute Gasteiger partial charge is 0.165 e. The molecule has 4 rings (SSSR count). The van der Waals surface area contributed by atoms with Crippen LogP contribution < -0.4 is 4.74 Å². The lowest BCUT2D eigenvalue weighted by molar-refractivity contribution is 0.0735. The van der Waals surface area contributed by atoms with E-state index in [-0.39, 0.29) is 11.9 Å². The minimum Gasteiger partial charge on any atom is -0.494 e. The fourth-order valence-electron chi connectivity index (χ4n) is 3.58. The highest BCUT2D eigenvalue weighted by Gasteiger charge is 2.25. The molecule has 1 aliphatic heterocycles. The SMILES string of the molecule is COc1cc(-n2nc(-c3ccnc(CF)c3)c3c2C[C@@H](C)OCC3)ccc1F. The molecule has 0 bridgehead atoms. The van der Waals surface area contributed by atoms with Crippen LogP contribution in [0.1, 0.15) is 23.9 Å². The third-order valence-electron chi connectivity index (χ3n) is 4.93. The largest absolute Gasteiger partial charge is 0.494 e. The third kappa shape index (κ3) is 3.38. The van der Waals surface area contributed by atoms with Gasteiger partial charge in [0, 0.05) is 29.8 Å². The standard InChI is InChI=1S/C21H21F2N3O2/c1-13-9-19-17(6-8-28-13)21(14-5-7-24-15(10-14)12-22)25-26(19)16-3-4-18(23)20(11-16)27-2/h3-5,7,10-11,13H,6,8-9,12H2,1-2H3/t13-/m1/s1. The van der Waals surface area contributed by atoms with E-state index in [0.29, 0.717) is 30.8 Å². The topological polar surface area (TPSA) is 49.2 Å². The molecule has 0 amide bonds. The van der Waals surface area contributed by atoms with Crippen molar-refractivity contribution < 1.29 is 18.3 Å². The van der Waals surface area contributed by atoms with Crippen LogP contribution in [0, 0.1) is 5.82 Å². The number of methoxy groups -OCH3 is 1. The minimum atomic E-state index is -0.633. The lowest BCUT2D eigenvalue weighted by atomic mass is 10.0. The molecule has 0 radical (unpaired) electrons. The summed E-state index contributed by atoms with van der Waals surface area (Å²) in [5.74, 6) is -0.270. The van der Waals surface area contributed by atoms with Crippen molar-refractivity contribution in [1.82, 2.24) is 14.8 Å². The first-order valence-corrected chi connectivity index (χ1v) is 9.18. The molecule has 0 N–H and O–H groups in total. The van der Waals surface area contributed by atoms with Gasteiger partial charge in [0.2, 0.25) is 0 Å². The maximum Gasteiger partial charge on any atom is 0.165 e. The number of halogens is 2. The van der Waals surface area contributed by atoms with E-state index in [2.05, 4.69) is 4.98 Å². The van der Waals surface area contributed by atoms with Crippen LogP contribution in [0.15, 0.2) is 36.5 Å². The van der Waals surface area contributed by atoms with Crippen molar-refractivity contribution in [2.75, 3.05) is 13.7 Å². The van der Waals surface area contributed by atoms with E-state index in [4.69, 9.17) is 14.6 Å². The molecule has 0 saturated heterocycles. The van der Waals surface area contributed by atoms with Crippen LogP contribution in [0.25, 0.3) is 16.9 Å². The molecule has 0 spiro atoms. The fraction of sp³-hybridized carbons (Fsp3) is 0.333. The zero-order valence-corrected chi connectivity index (χ0v) is 15.8. The Kier molecular flexibility index (Phi) is 5.09. The Morgan fingerprint density at radius 3 is 2.93 bits per heavy atom. The molecule has 146 valence electrons. The Morgan fingerprint density at radius 2 is 2.14 bits per heavy atom. The number of ether oxygens (including phenoxy) is 2. The van der Waals surface area contributed by atoms with Gasteiger partial charge in [-0.05, 0) is 37.6 Å². The van der Waals surface area contributed by atoms with Gasteiger partial charge >= 0.3 is 0 Å². The Hall–Kier alpha value is -2.80. The molecule has 1 atom stereocenters. The summed E-state index contributed by atoms with van der Waals surface area (Å²) >= 11 is 0. The van der Waals surface area contributed by atoms with Gasteiger partial charge in [0.25, 0.3) is 0 Å². The Morgan fingerprint density at radius 1 is 1.29 bits per heavy atom.